The highest BCUT2D eigenvalue weighted by Gasteiger charge is 2.36. The molecule has 0 bridgehead atoms. The van der Waals surface area contributed by atoms with Crippen LogP contribution in [0, 0.1) is 0 Å². The van der Waals surface area contributed by atoms with Gasteiger partial charge in [-0.25, -0.2) is 4.84 Å². The van der Waals surface area contributed by atoms with Crippen LogP contribution < -0.4 is 0 Å². The number of nitrogens with zero attached hydrogens (tertiary/aromatic N) is 1. The van der Waals surface area contributed by atoms with Crippen molar-refractivity contribution in [3.63, 3.8) is 0 Å². The van der Waals surface area contributed by atoms with Crippen molar-refractivity contribution in [1.29, 1.82) is 0 Å². The van der Waals surface area contributed by atoms with E-state index in [9.17, 15) is 9.59 Å². The van der Waals surface area contributed by atoms with E-state index in [2.05, 4.69) is 4.84 Å². The third-order valence-electron chi connectivity index (χ3n) is 1.94. The maximum Gasteiger partial charge on any atom is 0.285 e. The molecular formula is C9H7NO4. The van der Waals surface area contributed by atoms with Crippen LogP contribution in [0.4, 0.5) is 0 Å². The van der Waals surface area contributed by atoms with Crippen LogP contribution in [0.5, 0.6) is 0 Å². The minimum Gasteiger partial charge on any atom is -0.368 e. The third-order valence-corrected chi connectivity index (χ3v) is 1.94. The summed E-state index contributed by atoms with van der Waals surface area (Å²) in [6.45, 7) is -0.703. The molecule has 0 radical (unpaired) electrons. The molecule has 0 saturated heterocycles. The van der Waals surface area contributed by atoms with E-state index in [1.165, 1.54) is 12.1 Å². The Hall–Kier alpha value is -1.72. The monoisotopic (exact) mass is 193 g/mol. The fourth-order valence-corrected chi connectivity index (χ4v) is 1.34. The fourth-order valence-electron chi connectivity index (χ4n) is 1.34. The van der Waals surface area contributed by atoms with Gasteiger partial charge in [0.1, 0.15) is 0 Å². The highest BCUT2D eigenvalue weighted by atomic mass is 16.7. The van der Waals surface area contributed by atoms with Gasteiger partial charge in [-0.15, -0.1) is 5.06 Å². The zero-order valence-electron chi connectivity index (χ0n) is 7.14. The number of carbonyl (C=O) groups is 2. The normalized spacial score (nSPS) is 14.8. The van der Waals surface area contributed by atoms with Crippen LogP contribution in [-0.4, -0.2) is 28.8 Å². The van der Waals surface area contributed by atoms with Gasteiger partial charge in [0.15, 0.2) is 6.79 Å². The number of hydroxylamine groups is 2. The van der Waals surface area contributed by atoms with E-state index >= 15 is 0 Å². The van der Waals surface area contributed by atoms with Crippen molar-refractivity contribution in [1.82, 2.24) is 5.06 Å². The third kappa shape index (κ3) is 1.11. The molecule has 72 valence electrons. The summed E-state index contributed by atoms with van der Waals surface area (Å²) in [5, 5.41) is 9.03. The zero-order valence-corrected chi connectivity index (χ0v) is 7.14. The van der Waals surface area contributed by atoms with Crippen LogP contribution in [0.15, 0.2) is 24.3 Å². The second-order valence-electron chi connectivity index (χ2n) is 2.71. The topological polar surface area (TPSA) is 66.8 Å². The molecule has 14 heavy (non-hydrogen) atoms. The summed E-state index contributed by atoms with van der Waals surface area (Å²) < 4.78 is 0. The highest BCUT2D eigenvalue weighted by Crippen LogP contribution is 2.22. The summed E-state index contributed by atoms with van der Waals surface area (Å²) in [5.74, 6) is -1.08. The molecule has 5 nitrogen and oxygen atoms in total. The minimum atomic E-state index is -0.703. The molecule has 0 aliphatic carbocycles. The van der Waals surface area contributed by atoms with E-state index in [-0.39, 0.29) is 0 Å². The Morgan fingerprint density at radius 3 is 2.07 bits per heavy atom. The van der Waals surface area contributed by atoms with Gasteiger partial charge < -0.3 is 5.11 Å². The van der Waals surface area contributed by atoms with Crippen LogP contribution in [0.2, 0.25) is 0 Å². The molecule has 1 aliphatic rings. The molecule has 0 aromatic heterocycles. The molecule has 1 aromatic rings. The van der Waals surface area contributed by atoms with Crippen molar-refractivity contribution in [3.8, 4) is 0 Å². The molecule has 5 heteroatoms. The maximum absolute atomic E-state index is 11.5. The molecule has 0 unspecified atom stereocenters. The van der Waals surface area contributed by atoms with Crippen LogP contribution in [0.25, 0.3) is 0 Å². The Bertz CT molecular complexity index is 367. The number of rotatable bonds is 2. The molecule has 0 atom stereocenters. The lowest BCUT2D eigenvalue weighted by Gasteiger charge is -2.09. The van der Waals surface area contributed by atoms with E-state index in [1.807, 2.05) is 0 Å². The molecule has 0 saturated carbocycles. The lowest BCUT2D eigenvalue weighted by Crippen LogP contribution is -2.30. The van der Waals surface area contributed by atoms with Gasteiger partial charge in [-0.2, -0.15) is 0 Å². The van der Waals surface area contributed by atoms with Gasteiger partial charge in [-0.3, -0.25) is 9.59 Å². The van der Waals surface area contributed by atoms with Gasteiger partial charge in [0.25, 0.3) is 11.8 Å². The average molecular weight is 193 g/mol. The van der Waals surface area contributed by atoms with Crippen LogP contribution >= 0.6 is 0 Å². The van der Waals surface area contributed by atoms with E-state index in [0.717, 1.165) is 0 Å². The first-order valence-corrected chi connectivity index (χ1v) is 3.97. The van der Waals surface area contributed by atoms with Gasteiger partial charge in [-0.1, -0.05) is 12.1 Å². The maximum atomic E-state index is 11.5. The lowest BCUT2D eigenvalue weighted by atomic mass is 10.1. The number of imide groups is 1. The smallest absolute Gasteiger partial charge is 0.285 e. The molecule has 1 aliphatic heterocycles. The van der Waals surface area contributed by atoms with E-state index < -0.39 is 18.6 Å². The largest absolute Gasteiger partial charge is 0.368 e. The highest BCUT2D eigenvalue weighted by molar-refractivity contribution is 6.20. The summed E-state index contributed by atoms with van der Waals surface area (Å²) in [5.41, 5.74) is 0.594. The predicted molar refractivity (Wildman–Crippen MR) is 45.1 cm³/mol. The Kier molecular flexibility index (Phi) is 2.03. The van der Waals surface area contributed by atoms with Crippen molar-refractivity contribution in [2.45, 2.75) is 0 Å². The molecular weight excluding hydrogens is 186 g/mol. The predicted octanol–water partition coefficient (Wildman–Crippen LogP) is 0.164. The number of benzene rings is 1. The molecule has 1 aromatic carbocycles. The molecule has 0 spiro atoms. The minimum absolute atomic E-state index is 0.297. The van der Waals surface area contributed by atoms with Crippen LogP contribution in [0.3, 0.4) is 0 Å². The van der Waals surface area contributed by atoms with Gasteiger partial charge in [0, 0.05) is 0 Å². The first kappa shape index (κ1) is 8.86. The van der Waals surface area contributed by atoms with Crippen molar-refractivity contribution in [2.24, 2.45) is 0 Å². The van der Waals surface area contributed by atoms with Gasteiger partial charge >= 0.3 is 0 Å². The second-order valence-corrected chi connectivity index (χ2v) is 2.71. The van der Waals surface area contributed by atoms with Crippen LogP contribution in [0.1, 0.15) is 20.7 Å². The zero-order chi connectivity index (χ0) is 10.1. The van der Waals surface area contributed by atoms with Crippen LogP contribution in [-0.2, 0) is 4.84 Å². The standard InChI is InChI=1S/C9H7NO4/c11-5-14-10-8(12)6-3-1-2-4-7(6)9(10)13/h1-4,11H,5H2. The van der Waals surface area contributed by atoms with Gasteiger partial charge in [0.2, 0.25) is 0 Å². The Morgan fingerprint density at radius 2 is 1.64 bits per heavy atom. The summed E-state index contributed by atoms with van der Waals surface area (Å²) in [7, 11) is 0. The van der Waals surface area contributed by atoms with E-state index in [0.29, 0.717) is 16.2 Å². The SMILES string of the molecule is O=C1c2ccccc2C(=O)N1OCO. The Labute approximate surface area is 79.5 Å². The summed E-state index contributed by atoms with van der Waals surface area (Å²) in [4.78, 5) is 27.4. The first-order valence-electron chi connectivity index (χ1n) is 3.97. The fraction of sp³-hybridized carbons (Fsp3) is 0.111. The van der Waals surface area contributed by atoms with Gasteiger partial charge in [0.05, 0.1) is 11.1 Å². The van der Waals surface area contributed by atoms with Crippen molar-refractivity contribution in [2.75, 3.05) is 6.79 Å². The summed E-state index contributed by atoms with van der Waals surface area (Å²) in [6, 6.07) is 6.39. The number of hydrogen-bond acceptors (Lipinski definition) is 4. The number of fused-ring (bicyclic) bond motifs is 1. The Morgan fingerprint density at radius 1 is 1.14 bits per heavy atom. The number of carbonyl (C=O) groups excluding carboxylic acids is 2. The van der Waals surface area contributed by atoms with Crippen molar-refractivity contribution < 1.29 is 19.5 Å². The summed E-state index contributed by atoms with van der Waals surface area (Å²) >= 11 is 0. The number of aliphatic hydroxyl groups excluding tert-OH is 1. The van der Waals surface area contributed by atoms with Crippen molar-refractivity contribution in [3.05, 3.63) is 35.4 Å². The number of aliphatic hydroxyl groups is 1. The second kappa shape index (κ2) is 3.21. The molecule has 2 amide bonds. The molecule has 1 heterocycles. The first-order chi connectivity index (χ1) is 6.75. The Balaban J connectivity index is 2.43. The summed E-state index contributed by atoms with van der Waals surface area (Å²) in [6.07, 6.45) is 0. The van der Waals surface area contributed by atoms with E-state index in [1.54, 1.807) is 12.1 Å². The molecule has 2 rings (SSSR count). The van der Waals surface area contributed by atoms with Gasteiger partial charge in [-0.05, 0) is 12.1 Å². The average Bonchev–Trinajstić information content (AvgIpc) is 2.45. The molecule has 0 fully saturated rings. The molecule has 1 N–H and O–H groups in total. The number of hydrogen-bond donors (Lipinski definition) is 1. The van der Waals surface area contributed by atoms with E-state index in [4.69, 9.17) is 5.11 Å². The lowest BCUT2D eigenvalue weighted by molar-refractivity contribution is -0.148. The quantitative estimate of drug-likeness (QED) is 0.536. The number of amides is 2. The van der Waals surface area contributed by atoms with Crippen molar-refractivity contribution >= 4 is 11.8 Å².